The third-order valence-electron chi connectivity index (χ3n) is 4.68. The smallest absolute Gasteiger partial charge is 0.348 e. The summed E-state index contributed by atoms with van der Waals surface area (Å²) >= 11 is 1.49. The summed E-state index contributed by atoms with van der Waals surface area (Å²) in [6.07, 6.45) is 4.40. The molecule has 26 heavy (non-hydrogen) atoms. The van der Waals surface area contributed by atoms with Gasteiger partial charge in [-0.1, -0.05) is 25.5 Å². The van der Waals surface area contributed by atoms with E-state index in [4.69, 9.17) is 9.47 Å². The first-order valence-corrected chi connectivity index (χ1v) is 9.64. The fourth-order valence-corrected chi connectivity index (χ4v) is 4.29. The molecule has 2 aromatic rings. The molecule has 0 bridgehead atoms. The first kappa shape index (κ1) is 18.5. The zero-order chi connectivity index (χ0) is 18.5. The Labute approximate surface area is 157 Å². The number of carbonyl (C=O) groups is 2. The highest BCUT2D eigenvalue weighted by molar-refractivity contribution is 7.14. The second kappa shape index (κ2) is 8.36. The van der Waals surface area contributed by atoms with Gasteiger partial charge >= 0.3 is 5.97 Å². The number of hydrogen-bond acceptors (Lipinski definition) is 5. The number of aryl methyl sites for hydroxylation is 1. The molecule has 1 aliphatic rings. The maximum absolute atomic E-state index is 12.3. The first-order valence-electron chi connectivity index (χ1n) is 8.82. The van der Waals surface area contributed by atoms with Crippen LogP contribution < -0.4 is 10.1 Å². The van der Waals surface area contributed by atoms with Crippen LogP contribution in [-0.4, -0.2) is 25.6 Å². The minimum Gasteiger partial charge on any atom is -0.495 e. The zero-order valence-corrected chi connectivity index (χ0v) is 15.9. The molecule has 1 amide bonds. The Morgan fingerprint density at radius 3 is 2.88 bits per heavy atom. The lowest BCUT2D eigenvalue weighted by Crippen LogP contribution is -2.20. The van der Waals surface area contributed by atoms with Gasteiger partial charge in [-0.25, -0.2) is 4.79 Å². The van der Waals surface area contributed by atoms with Crippen molar-refractivity contribution in [1.82, 2.24) is 0 Å². The van der Waals surface area contributed by atoms with Crippen molar-refractivity contribution in [3.63, 3.8) is 0 Å². The van der Waals surface area contributed by atoms with Crippen LogP contribution >= 0.6 is 11.3 Å². The molecule has 0 aliphatic heterocycles. The summed E-state index contributed by atoms with van der Waals surface area (Å²) in [5.74, 6) is 0.430. The average Bonchev–Trinajstić information content (AvgIpc) is 3.09. The number of methoxy groups -OCH3 is 1. The Morgan fingerprint density at radius 2 is 2.12 bits per heavy atom. The summed E-state index contributed by atoms with van der Waals surface area (Å²) in [7, 11) is 1.53. The number of nitrogens with one attached hydrogen (secondary N) is 1. The summed E-state index contributed by atoms with van der Waals surface area (Å²) in [4.78, 5) is 26.2. The molecule has 0 spiro atoms. The number of thiophene rings is 1. The molecule has 1 heterocycles. The molecule has 0 saturated carbocycles. The normalized spacial score (nSPS) is 15.8. The number of fused-ring (bicyclic) bond motifs is 1. The van der Waals surface area contributed by atoms with Crippen molar-refractivity contribution in [3.8, 4) is 5.75 Å². The van der Waals surface area contributed by atoms with Crippen LogP contribution in [0, 0.1) is 5.92 Å². The maximum atomic E-state index is 12.3. The van der Waals surface area contributed by atoms with E-state index in [0.717, 1.165) is 19.3 Å². The molecule has 0 saturated heterocycles. The number of ether oxygens (including phenoxy) is 2. The standard InChI is InChI=1S/C20H23NO4S/c1-3-13-8-9-17-14(10-13)11-18(26-17)20(23)25-12-19(22)21-15-6-4-5-7-16(15)24-2/h4-7,11,13H,3,8-10,12H2,1-2H3,(H,21,22)/t13-/m0/s1. The summed E-state index contributed by atoms with van der Waals surface area (Å²) < 4.78 is 10.4. The van der Waals surface area contributed by atoms with Crippen molar-refractivity contribution in [2.45, 2.75) is 32.6 Å². The second-order valence-electron chi connectivity index (χ2n) is 6.40. The highest BCUT2D eigenvalue weighted by Gasteiger charge is 2.23. The van der Waals surface area contributed by atoms with Crippen molar-refractivity contribution in [2.75, 3.05) is 19.0 Å². The zero-order valence-electron chi connectivity index (χ0n) is 15.0. The molecule has 1 atom stereocenters. The summed E-state index contributed by atoms with van der Waals surface area (Å²) in [5, 5.41) is 2.69. The lowest BCUT2D eigenvalue weighted by molar-refractivity contribution is -0.119. The van der Waals surface area contributed by atoms with E-state index in [1.807, 2.05) is 12.1 Å². The Hall–Kier alpha value is -2.34. The lowest BCUT2D eigenvalue weighted by Gasteiger charge is -2.19. The summed E-state index contributed by atoms with van der Waals surface area (Å²) in [6.45, 7) is 1.88. The van der Waals surface area contributed by atoms with Crippen LogP contribution in [-0.2, 0) is 22.4 Å². The number of anilines is 1. The van der Waals surface area contributed by atoms with Gasteiger partial charge in [-0.15, -0.1) is 11.3 Å². The van der Waals surface area contributed by atoms with Crippen LogP contribution in [0.4, 0.5) is 5.69 Å². The molecule has 138 valence electrons. The molecule has 0 radical (unpaired) electrons. The van der Waals surface area contributed by atoms with E-state index >= 15 is 0 Å². The van der Waals surface area contributed by atoms with Gasteiger partial charge in [-0.2, -0.15) is 0 Å². The van der Waals surface area contributed by atoms with Crippen LogP contribution in [0.5, 0.6) is 5.75 Å². The average molecular weight is 373 g/mol. The fourth-order valence-electron chi connectivity index (χ4n) is 3.18. The summed E-state index contributed by atoms with van der Waals surface area (Å²) in [6, 6.07) is 9.03. The van der Waals surface area contributed by atoms with Gasteiger partial charge in [0.25, 0.3) is 5.91 Å². The third-order valence-corrected chi connectivity index (χ3v) is 5.90. The van der Waals surface area contributed by atoms with Crippen molar-refractivity contribution in [2.24, 2.45) is 5.92 Å². The minimum absolute atomic E-state index is 0.322. The number of amides is 1. The molecule has 1 aromatic heterocycles. The molecule has 3 rings (SSSR count). The van der Waals surface area contributed by atoms with Crippen molar-refractivity contribution in [1.29, 1.82) is 0 Å². The van der Waals surface area contributed by atoms with Gasteiger partial charge in [-0.3, -0.25) is 4.79 Å². The second-order valence-corrected chi connectivity index (χ2v) is 7.54. The molecular formula is C20H23NO4S. The molecule has 1 aromatic carbocycles. The molecular weight excluding hydrogens is 350 g/mol. The molecule has 5 nitrogen and oxygen atoms in total. The summed E-state index contributed by atoms with van der Waals surface area (Å²) in [5.41, 5.74) is 1.81. The third kappa shape index (κ3) is 4.25. The molecule has 6 heteroatoms. The van der Waals surface area contributed by atoms with Gasteiger partial charge in [0.05, 0.1) is 12.8 Å². The van der Waals surface area contributed by atoms with Gasteiger partial charge < -0.3 is 14.8 Å². The number of hydrogen-bond donors (Lipinski definition) is 1. The van der Waals surface area contributed by atoms with E-state index in [9.17, 15) is 9.59 Å². The molecule has 0 fully saturated rings. The number of esters is 1. The fraction of sp³-hybridized carbons (Fsp3) is 0.400. The van der Waals surface area contributed by atoms with E-state index < -0.39 is 11.9 Å². The largest absolute Gasteiger partial charge is 0.495 e. The predicted octanol–water partition coefficient (Wildman–Crippen LogP) is 4.07. The van der Waals surface area contributed by atoms with Crippen LogP contribution in [0.1, 0.15) is 39.9 Å². The van der Waals surface area contributed by atoms with Crippen LogP contribution in [0.3, 0.4) is 0 Å². The monoisotopic (exact) mass is 373 g/mol. The van der Waals surface area contributed by atoms with Crippen LogP contribution in [0.2, 0.25) is 0 Å². The van der Waals surface area contributed by atoms with Gasteiger partial charge in [-0.05, 0) is 48.9 Å². The Kier molecular flexibility index (Phi) is 5.93. The Balaban J connectivity index is 1.56. The molecule has 1 aliphatic carbocycles. The minimum atomic E-state index is -0.437. The maximum Gasteiger partial charge on any atom is 0.348 e. The molecule has 0 unspecified atom stereocenters. The number of benzene rings is 1. The Bertz CT molecular complexity index is 799. The first-order chi connectivity index (χ1) is 12.6. The highest BCUT2D eigenvalue weighted by atomic mass is 32.1. The van der Waals surface area contributed by atoms with E-state index in [0.29, 0.717) is 22.2 Å². The quantitative estimate of drug-likeness (QED) is 0.776. The van der Waals surface area contributed by atoms with E-state index in [1.165, 1.54) is 35.3 Å². The van der Waals surface area contributed by atoms with Gasteiger partial charge in [0.15, 0.2) is 6.61 Å². The van der Waals surface area contributed by atoms with Crippen LogP contribution in [0.15, 0.2) is 30.3 Å². The number of carbonyl (C=O) groups excluding carboxylic acids is 2. The lowest BCUT2D eigenvalue weighted by atomic mass is 9.87. The van der Waals surface area contributed by atoms with Crippen molar-refractivity contribution < 1.29 is 19.1 Å². The highest BCUT2D eigenvalue weighted by Crippen LogP contribution is 2.33. The van der Waals surface area contributed by atoms with E-state index in [2.05, 4.69) is 12.2 Å². The van der Waals surface area contributed by atoms with E-state index in [-0.39, 0.29) is 6.61 Å². The molecule has 1 N–H and O–H groups in total. The van der Waals surface area contributed by atoms with Gasteiger partial charge in [0.2, 0.25) is 0 Å². The van der Waals surface area contributed by atoms with Crippen molar-refractivity contribution >= 4 is 28.9 Å². The number of rotatable bonds is 6. The topological polar surface area (TPSA) is 64.6 Å². The van der Waals surface area contributed by atoms with Gasteiger partial charge in [0.1, 0.15) is 10.6 Å². The predicted molar refractivity (Wildman–Crippen MR) is 102 cm³/mol. The van der Waals surface area contributed by atoms with Gasteiger partial charge in [0, 0.05) is 4.88 Å². The Morgan fingerprint density at radius 1 is 1.31 bits per heavy atom. The van der Waals surface area contributed by atoms with Crippen LogP contribution in [0.25, 0.3) is 0 Å². The van der Waals surface area contributed by atoms with Crippen molar-refractivity contribution in [3.05, 3.63) is 45.6 Å². The SMILES string of the molecule is CC[C@H]1CCc2sc(C(=O)OCC(=O)Nc3ccccc3OC)cc2C1. The number of para-hydroxylation sites is 2. The van der Waals surface area contributed by atoms with E-state index in [1.54, 1.807) is 18.2 Å².